The molecule has 0 N–H and O–H groups in total. The molecule has 0 spiro atoms. The van der Waals surface area contributed by atoms with E-state index in [4.69, 9.17) is 0 Å². The third-order valence-corrected chi connectivity index (χ3v) is 6.88. The van der Waals surface area contributed by atoms with Gasteiger partial charge >= 0.3 is 0 Å². The predicted octanol–water partition coefficient (Wildman–Crippen LogP) is 4.31. The Morgan fingerprint density at radius 1 is 0.657 bits per heavy atom. The molecule has 206 valence electrons. The molecule has 35 heavy (non-hydrogen) atoms. The van der Waals surface area contributed by atoms with Gasteiger partial charge in [-0.25, -0.2) is 0 Å². The van der Waals surface area contributed by atoms with E-state index < -0.39 is 0 Å². The van der Waals surface area contributed by atoms with Gasteiger partial charge in [-0.3, -0.25) is 19.4 Å². The molecule has 0 aromatic heterocycles. The summed E-state index contributed by atoms with van der Waals surface area (Å²) in [4.78, 5) is 32.4. The van der Waals surface area contributed by atoms with Gasteiger partial charge in [-0.1, -0.05) is 74.8 Å². The maximum atomic E-state index is 11.5. The number of hydrogen-bond donors (Lipinski definition) is 0. The predicted molar refractivity (Wildman–Crippen MR) is 151 cm³/mol. The average molecular weight is 495 g/mol. The van der Waals surface area contributed by atoms with E-state index in [0.717, 1.165) is 77.9 Å². The highest BCUT2D eigenvalue weighted by Crippen LogP contribution is 2.04. The van der Waals surface area contributed by atoms with Crippen LogP contribution >= 0.6 is 0 Å². The largest absolute Gasteiger partial charge is 0.301 e. The van der Waals surface area contributed by atoms with Gasteiger partial charge in [0.15, 0.2) is 5.78 Å². The van der Waals surface area contributed by atoms with Crippen LogP contribution in [0, 0.1) is 17.8 Å². The van der Waals surface area contributed by atoms with E-state index in [1.54, 1.807) is 6.08 Å². The molecule has 0 bridgehead atoms. The van der Waals surface area contributed by atoms with Crippen LogP contribution in [-0.2, 0) is 9.59 Å². The molecular formula is C29H58N4O2. The smallest absolute Gasteiger partial charge is 0.157 e. The summed E-state index contributed by atoms with van der Waals surface area (Å²) < 4.78 is 0. The fourth-order valence-electron chi connectivity index (χ4n) is 3.47. The van der Waals surface area contributed by atoms with E-state index >= 15 is 0 Å². The molecule has 0 aromatic carbocycles. The lowest BCUT2D eigenvalue weighted by Gasteiger charge is -2.33. The van der Waals surface area contributed by atoms with Crippen LogP contribution in [-0.4, -0.2) is 110 Å². The van der Waals surface area contributed by atoms with Gasteiger partial charge in [0, 0.05) is 70.7 Å². The third kappa shape index (κ3) is 17.1. The number of likely N-dealkylation sites (N-methyl/N-ethyl adjacent to an activating group) is 2. The first kappa shape index (κ1) is 33.9. The Labute approximate surface area is 218 Å². The minimum absolute atomic E-state index is 0.119. The van der Waals surface area contributed by atoms with Crippen LogP contribution < -0.4 is 0 Å². The lowest BCUT2D eigenvalue weighted by molar-refractivity contribution is -0.123. The van der Waals surface area contributed by atoms with Crippen molar-refractivity contribution in [1.29, 1.82) is 0 Å². The number of carbonyl (C=O) groups excluding carboxylic acids is 2. The van der Waals surface area contributed by atoms with Gasteiger partial charge in [0.25, 0.3) is 0 Å². The van der Waals surface area contributed by atoms with E-state index in [-0.39, 0.29) is 17.6 Å². The monoisotopic (exact) mass is 494 g/mol. The van der Waals surface area contributed by atoms with Crippen LogP contribution in [0.3, 0.4) is 0 Å². The first-order valence-electron chi connectivity index (χ1n) is 14.2. The topological polar surface area (TPSA) is 47.1 Å². The van der Waals surface area contributed by atoms with Gasteiger partial charge in [0.2, 0.25) is 0 Å². The third-order valence-electron chi connectivity index (χ3n) is 6.88. The van der Waals surface area contributed by atoms with Crippen molar-refractivity contribution in [3.8, 4) is 0 Å². The van der Waals surface area contributed by atoms with Crippen LogP contribution in [0.15, 0.2) is 12.2 Å². The zero-order chi connectivity index (χ0) is 26.8. The van der Waals surface area contributed by atoms with Gasteiger partial charge in [0.1, 0.15) is 5.78 Å². The van der Waals surface area contributed by atoms with Crippen molar-refractivity contribution in [2.75, 3.05) is 78.5 Å². The van der Waals surface area contributed by atoms with Gasteiger partial charge < -0.3 is 9.80 Å². The number of Topliss-reactive ketones (excluding diaryl/α,β-unsaturated/α-hetero) is 1. The summed E-state index contributed by atoms with van der Waals surface area (Å²) in [5.41, 5.74) is 0. The second kappa shape index (κ2) is 20.0. The highest BCUT2D eigenvalue weighted by atomic mass is 16.1. The molecule has 0 unspecified atom stereocenters. The average Bonchev–Trinajstić information content (AvgIpc) is 2.85. The van der Waals surface area contributed by atoms with Crippen molar-refractivity contribution in [3.63, 3.8) is 0 Å². The van der Waals surface area contributed by atoms with E-state index in [2.05, 4.69) is 54.2 Å². The summed E-state index contributed by atoms with van der Waals surface area (Å²) in [6.45, 7) is 31.6. The summed E-state index contributed by atoms with van der Waals surface area (Å²) in [5, 5.41) is 0. The van der Waals surface area contributed by atoms with Crippen molar-refractivity contribution in [1.82, 2.24) is 19.6 Å². The zero-order valence-corrected chi connectivity index (χ0v) is 24.7. The number of nitrogens with zero attached hydrogens (tertiary/aromatic N) is 4. The summed E-state index contributed by atoms with van der Waals surface area (Å²) in [5.74, 6) is 1.78. The molecule has 6 heteroatoms. The molecule has 0 atom stereocenters. The zero-order valence-electron chi connectivity index (χ0n) is 24.7. The SMILES string of the molecule is CCC(C)C.CCN1CCN(C/C=C/C(=O)C(C)C)CC1.CCN1CCN(CC(=O)C(C)C)CC1. The molecule has 6 nitrogen and oxygen atoms in total. The number of ketones is 2. The van der Waals surface area contributed by atoms with Crippen molar-refractivity contribution in [2.24, 2.45) is 17.8 Å². The Morgan fingerprint density at radius 3 is 1.40 bits per heavy atom. The summed E-state index contributed by atoms with van der Waals surface area (Å²) in [6, 6.07) is 0. The van der Waals surface area contributed by atoms with Crippen LogP contribution in [0.25, 0.3) is 0 Å². The Hall–Kier alpha value is -1.08. The lowest BCUT2D eigenvalue weighted by Crippen LogP contribution is -2.48. The van der Waals surface area contributed by atoms with Crippen LogP contribution in [0.1, 0.15) is 68.7 Å². The maximum absolute atomic E-state index is 11.5. The lowest BCUT2D eigenvalue weighted by atomic mass is 10.1. The number of allylic oxidation sites excluding steroid dienone is 1. The van der Waals surface area contributed by atoms with E-state index in [0.29, 0.717) is 12.3 Å². The Bertz CT molecular complexity index is 573. The van der Waals surface area contributed by atoms with Crippen molar-refractivity contribution < 1.29 is 9.59 Å². The molecule has 0 aromatic rings. The van der Waals surface area contributed by atoms with Gasteiger partial charge in [-0.2, -0.15) is 0 Å². The number of carbonyl (C=O) groups is 2. The van der Waals surface area contributed by atoms with Crippen molar-refractivity contribution in [3.05, 3.63) is 12.2 Å². The van der Waals surface area contributed by atoms with Crippen LogP contribution in [0.5, 0.6) is 0 Å². The summed E-state index contributed by atoms with van der Waals surface area (Å²) >= 11 is 0. The first-order chi connectivity index (χ1) is 16.5. The quantitative estimate of drug-likeness (QED) is 0.422. The Morgan fingerprint density at radius 2 is 1.06 bits per heavy atom. The maximum Gasteiger partial charge on any atom is 0.157 e. The minimum atomic E-state index is 0.119. The van der Waals surface area contributed by atoms with Gasteiger partial charge in [0.05, 0.1) is 6.54 Å². The van der Waals surface area contributed by atoms with E-state index in [9.17, 15) is 9.59 Å². The first-order valence-corrected chi connectivity index (χ1v) is 14.2. The molecular weight excluding hydrogens is 436 g/mol. The Kier molecular flexibility index (Phi) is 19.4. The molecule has 0 aliphatic carbocycles. The normalized spacial score (nSPS) is 18.5. The molecule has 2 heterocycles. The fraction of sp³-hybridized carbons (Fsp3) is 0.862. The molecule has 2 saturated heterocycles. The second-order valence-corrected chi connectivity index (χ2v) is 10.8. The van der Waals surface area contributed by atoms with Crippen molar-refractivity contribution in [2.45, 2.75) is 68.7 Å². The standard InChI is InChI=1S/C13H24N2O.C11H22N2O.C5H12/c1-4-14-8-10-15(11-9-14)7-5-6-13(16)12(2)3;1-4-12-5-7-13(8-6-12)9-11(14)10(2)3;1-4-5(2)3/h5-6,12H,4,7-11H2,1-3H3;10H,4-9H2,1-3H3;5H,4H2,1-3H3/b6-5+;;. The summed E-state index contributed by atoms with van der Waals surface area (Å²) in [6.07, 6.45) is 5.04. The number of hydrogen-bond acceptors (Lipinski definition) is 6. The molecule has 2 fully saturated rings. The number of piperazine rings is 2. The molecule has 2 aliphatic rings. The van der Waals surface area contributed by atoms with Crippen molar-refractivity contribution >= 4 is 11.6 Å². The molecule has 0 radical (unpaired) electrons. The highest BCUT2D eigenvalue weighted by Gasteiger charge is 2.18. The van der Waals surface area contributed by atoms with Gasteiger partial charge in [-0.05, 0) is 25.1 Å². The highest BCUT2D eigenvalue weighted by molar-refractivity contribution is 5.91. The van der Waals surface area contributed by atoms with E-state index in [1.165, 1.54) is 6.42 Å². The molecule has 0 amide bonds. The van der Waals surface area contributed by atoms with Gasteiger partial charge in [-0.15, -0.1) is 0 Å². The van der Waals surface area contributed by atoms with Crippen LogP contribution in [0.2, 0.25) is 0 Å². The van der Waals surface area contributed by atoms with E-state index in [1.807, 2.05) is 33.8 Å². The summed E-state index contributed by atoms with van der Waals surface area (Å²) in [7, 11) is 0. The Balaban J connectivity index is 0.000000558. The minimum Gasteiger partial charge on any atom is -0.301 e. The van der Waals surface area contributed by atoms with Crippen LogP contribution in [0.4, 0.5) is 0 Å². The molecule has 0 saturated carbocycles. The fourth-order valence-corrected chi connectivity index (χ4v) is 3.47. The molecule has 2 rings (SSSR count). The second-order valence-electron chi connectivity index (χ2n) is 10.8. The molecule has 2 aliphatic heterocycles. The number of rotatable bonds is 10.